The van der Waals surface area contributed by atoms with Gasteiger partial charge in [0.1, 0.15) is 17.2 Å². The van der Waals surface area contributed by atoms with Crippen LogP contribution in [0.2, 0.25) is 0 Å². The van der Waals surface area contributed by atoms with Gasteiger partial charge in [0.2, 0.25) is 0 Å². The van der Waals surface area contributed by atoms with Crippen LogP contribution in [0.15, 0.2) is 46.9 Å². The van der Waals surface area contributed by atoms with E-state index in [1.165, 1.54) is 0 Å². The van der Waals surface area contributed by atoms with Crippen molar-refractivity contribution in [2.75, 3.05) is 4.31 Å². The number of hydrogen-bond acceptors (Lipinski definition) is 4. The van der Waals surface area contributed by atoms with E-state index in [0.717, 1.165) is 15.1 Å². The number of fused-ring (bicyclic) bond motifs is 3. The minimum absolute atomic E-state index is 0.306. The van der Waals surface area contributed by atoms with Gasteiger partial charge in [0.15, 0.2) is 0 Å². The molecular weight excluding hydrogens is 342 g/mol. The summed E-state index contributed by atoms with van der Waals surface area (Å²) < 4.78 is 30.4. The van der Waals surface area contributed by atoms with Crippen LogP contribution in [0.4, 0.5) is 5.69 Å². The fraction of sp³-hybridized carbons (Fsp3) is 0.278. The maximum atomic E-state index is 11.8. The quantitative estimate of drug-likeness (QED) is 0.677. The van der Waals surface area contributed by atoms with Crippen LogP contribution in [0.1, 0.15) is 20.3 Å². The molecule has 0 spiro atoms. The maximum Gasteiger partial charge on any atom is 0.327 e. The highest BCUT2D eigenvalue weighted by molar-refractivity contribution is 7.80. The molecule has 2 aromatic carbocycles. The summed E-state index contributed by atoms with van der Waals surface area (Å²) in [5, 5.41) is 11.2. The zero-order chi connectivity index (χ0) is 18.1. The van der Waals surface area contributed by atoms with Gasteiger partial charge in [0.05, 0.1) is 5.69 Å². The first kappa shape index (κ1) is 17.4. The third-order valence-corrected chi connectivity index (χ3v) is 5.22. The number of furan rings is 1. The molecule has 0 bridgehead atoms. The molecule has 0 aliphatic rings. The van der Waals surface area contributed by atoms with Gasteiger partial charge in [0, 0.05) is 22.0 Å². The van der Waals surface area contributed by atoms with E-state index in [4.69, 9.17) is 4.42 Å². The molecule has 7 heteroatoms. The molecule has 3 atom stereocenters. The van der Waals surface area contributed by atoms with Gasteiger partial charge < -0.3 is 14.1 Å². The second kappa shape index (κ2) is 6.85. The molecule has 25 heavy (non-hydrogen) atoms. The lowest BCUT2D eigenvalue weighted by atomic mass is 9.99. The number of para-hydroxylation sites is 1. The summed E-state index contributed by atoms with van der Waals surface area (Å²) in [7, 11) is 0. The lowest BCUT2D eigenvalue weighted by Gasteiger charge is -2.35. The van der Waals surface area contributed by atoms with Crippen molar-refractivity contribution < 1.29 is 23.1 Å². The Balaban J connectivity index is 2.17. The van der Waals surface area contributed by atoms with Gasteiger partial charge in [-0.15, -0.1) is 0 Å². The molecule has 6 nitrogen and oxygen atoms in total. The highest BCUT2D eigenvalue weighted by Gasteiger charge is 2.32. The molecule has 3 aromatic rings. The number of nitrogens with zero attached hydrogens (tertiary/aromatic N) is 1. The van der Waals surface area contributed by atoms with Crippen LogP contribution in [0.3, 0.4) is 0 Å². The zero-order valence-electron chi connectivity index (χ0n) is 13.8. The van der Waals surface area contributed by atoms with Gasteiger partial charge in [-0.3, -0.25) is 8.51 Å². The molecule has 0 radical (unpaired) electrons. The van der Waals surface area contributed by atoms with Crippen molar-refractivity contribution in [3.63, 3.8) is 0 Å². The second-order valence-electron chi connectivity index (χ2n) is 5.99. The molecule has 1 heterocycles. The standard InChI is InChI=1S/C18H19NO5S/c1-3-11(2)17(18(20)21)19(25(22)23)12-8-9-16-14(10-12)13-6-4-5-7-15(13)24-16/h4-11,17H,3H2,1-2H3,(H,20,21)(H,22,23)/p-1. The van der Waals surface area contributed by atoms with E-state index in [9.17, 15) is 18.7 Å². The normalized spacial score (nSPS) is 15.2. The Morgan fingerprint density at radius 3 is 2.56 bits per heavy atom. The number of aliphatic carboxylic acids is 1. The van der Waals surface area contributed by atoms with Gasteiger partial charge in [-0.25, -0.2) is 4.79 Å². The number of carboxylic acids is 1. The summed E-state index contributed by atoms with van der Waals surface area (Å²) in [5.41, 5.74) is 1.62. The van der Waals surface area contributed by atoms with Gasteiger partial charge in [-0.2, -0.15) is 0 Å². The SMILES string of the molecule is CCC(C)C(C(=O)O)N(c1ccc2oc3ccccc3c2c1)S(=O)[O-]. The van der Waals surface area contributed by atoms with Crippen molar-refractivity contribution in [1.82, 2.24) is 0 Å². The molecule has 3 rings (SSSR count). The van der Waals surface area contributed by atoms with Gasteiger partial charge in [-0.05, 0) is 30.2 Å². The molecule has 0 saturated heterocycles. The Morgan fingerprint density at radius 2 is 1.92 bits per heavy atom. The number of carbonyl (C=O) groups is 1. The minimum atomic E-state index is -2.72. The first-order valence-electron chi connectivity index (χ1n) is 7.96. The minimum Gasteiger partial charge on any atom is -0.755 e. The lowest BCUT2D eigenvalue weighted by molar-refractivity contribution is -0.139. The van der Waals surface area contributed by atoms with Crippen molar-refractivity contribution in [3.8, 4) is 0 Å². The average Bonchev–Trinajstić information content (AvgIpc) is 2.96. The topological polar surface area (TPSA) is 93.8 Å². The van der Waals surface area contributed by atoms with Gasteiger partial charge >= 0.3 is 5.97 Å². The van der Waals surface area contributed by atoms with Crippen LogP contribution in [0.5, 0.6) is 0 Å². The predicted octanol–water partition coefficient (Wildman–Crippen LogP) is 3.69. The highest BCUT2D eigenvalue weighted by atomic mass is 32.2. The summed E-state index contributed by atoms with van der Waals surface area (Å²) >= 11 is -2.72. The number of benzene rings is 2. The smallest absolute Gasteiger partial charge is 0.327 e. The number of anilines is 1. The van der Waals surface area contributed by atoms with E-state index >= 15 is 0 Å². The van der Waals surface area contributed by atoms with Crippen LogP contribution < -0.4 is 4.31 Å². The second-order valence-corrected chi connectivity index (χ2v) is 6.82. The van der Waals surface area contributed by atoms with Gasteiger partial charge in [0.25, 0.3) is 0 Å². The summed E-state index contributed by atoms with van der Waals surface area (Å²) in [6, 6.07) is 11.2. The first-order chi connectivity index (χ1) is 11.9. The monoisotopic (exact) mass is 360 g/mol. The number of rotatable bonds is 6. The third-order valence-electron chi connectivity index (χ3n) is 4.46. The Bertz CT molecular complexity index is 951. The molecule has 1 N–H and O–H groups in total. The Labute approximate surface area is 147 Å². The fourth-order valence-electron chi connectivity index (χ4n) is 2.99. The van der Waals surface area contributed by atoms with Crippen molar-refractivity contribution >= 4 is 44.9 Å². The summed E-state index contributed by atoms with van der Waals surface area (Å²) in [5.74, 6) is -1.51. The zero-order valence-corrected chi connectivity index (χ0v) is 14.7. The molecule has 0 saturated carbocycles. The van der Waals surface area contributed by atoms with Crippen molar-refractivity contribution in [2.24, 2.45) is 5.92 Å². The van der Waals surface area contributed by atoms with Crippen LogP contribution >= 0.6 is 0 Å². The van der Waals surface area contributed by atoms with E-state index in [0.29, 0.717) is 23.3 Å². The summed E-state index contributed by atoms with van der Waals surface area (Å²) in [4.78, 5) is 11.7. The van der Waals surface area contributed by atoms with Crippen molar-refractivity contribution in [1.29, 1.82) is 0 Å². The average molecular weight is 360 g/mol. The number of carboxylic acid groups (broad SMARTS) is 1. The third kappa shape index (κ3) is 3.12. The van der Waals surface area contributed by atoms with Crippen molar-refractivity contribution in [2.45, 2.75) is 26.3 Å². The fourth-order valence-corrected chi connectivity index (χ4v) is 3.76. The largest absolute Gasteiger partial charge is 0.755 e. The molecule has 0 amide bonds. The lowest BCUT2D eigenvalue weighted by Crippen LogP contribution is -2.46. The Kier molecular flexibility index (Phi) is 4.78. The molecular formula is C18H18NO5S-. The summed E-state index contributed by atoms with van der Waals surface area (Å²) in [6.45, 7) is 3.56. The predicted molar refractivity (Wildman–Crippen MR) is 96.0 cm³/mol. The highest BCUT2D eigenvalue weighted by Crippen LogP contribution is 2.33. The van der Waals surface area contributed by atoms with Gasteiger partial charge in [-0.1, -0.05) is 38.5 Å². The molecule has 0 aliphatic heterocycles. The first-order valence-corrected chi connectivity index (χ1v) is 9.00. The van der Waals surface area contributed by atoms with Crippen LogP contribution in [-0.4, -0.2) is 25.9 Å². The van der Waals surface area contributed by atoms with E-state index < -0.39 is 23.3 Å². The molecule has 1 aromatic heterocycles. The molecule has 0 aliphatic carbocycles. The molecule has 3 unspecified atom stereocenters. The van der Waals surface area contributed by atoms with Crippen LogP contribution in [0.25, 0.3) is 21.9 Å². The maximum absolute atomic E-state index is 11.8. The van der Waals surface area contributed by atoms with Crippen LogP contribution in [-0.2, 0) is 16.1 Å². The van der Waals surface area contributed by atoms with Crippen LogP contribution in [0, 0.1) is 5.92 Å². The molecule has 0 fully saturated rings. The van der Waals surface area contributed by atoms with E-state index in [1.54, 1.807) is 25.1 Å². The van der Waals surface area contributed by atoms with Crippen molar-refractivity contribution in [3.05, 3.63) is 42.5 Å². The molecule has 132 valence electrons. The Hall–Kier alpha value is -2.38. The van der Waals surface area contributed by atoms with E-state index in [-0.39, 0.29) is 5.92 Å². The number of hydrogen-bond donors (Lipinski definition) is 1. The Morgan fingerprint density at radius 1 is 1.24 bits per heavy atom. The van der Waals surface area contributed by atoms with E-state index in [1.807, 2.05) is 31.2 Å². The summed E-state index contributed by atoms with van der Waals surface area (Å²) in [6.07, 6.45) is 0.543. The van der Waals surface area contributed by atoms with E-state index in [2.05, 4.69) is 0 Å².